The number of nitro benzene ring substituents is 1. The van der Waals surface area contributed by atoms with Crippen LogP contribution in [-0.2, 0) is 0 Å². The maximum Gasteiger partial charge on any atom is 0.269 e. The van der Waals surface area contributed by atoms with Gasteiger partial charge in [0, 0.05) is 22.0 Å². The van der Waals surface area contributed by atoms with Crippen molar-refractivity contribution in [3.8, 4) is 0 Å². The van der Waals surface area contributed by atoms with E-state index in [4.69, 9.17) is 0 Å². The van der Waals surface area contributed by atoms with Crippen LogP contribution < -0.4 is 0 Å². The summed E-state index contributed by atoms with van der Waals surface area (Å²) in [4.78, 5) is 29.4. The lowest BCUT2D eigenvalue weighted by Crippen LogP contribution is -2.20. The van der Waals surface area contributed by atoms with Gasteiger partial charge in [0.2, 0.25) is 13.1 Å². The standard InChI is InChI=1S/C9H9N3O6/c13-10(14)5-8(6-11(15)16)7-2-1-3-9(4-7)12(17)18/h1-4,8H,5-6H2. The SMILES string of the molecule is O=[N+]([O-])CC(C[N+](=O)[O-])c1cccc([N+](=O)[O-])c1. The fourth-order valence-corrected chi connectivity index (χ4v) is 1.52. The highest BCUT2D eigenvalue weighted by Gasteiger charge is 2.25. The van der Waals surface area contributed by atoms with E-state index in [1.807, 2.05) is 0 Å². The Kier molecular flexibility index (Phi) is 4.24. The van der Waals surface area contributed by atoms with Gasteiger partial charge < -0.3 is 0 Å². The molecule has 1 aromatic carbocycles. The van der Waals surface area contributed by atoms with Crippen molar-refractivity contribution < 1.29 is 14.8 Å². The summed E-state index contributed by atoms with van der Waals surface area (Å²) in [5, 5.41) is 31.4. The summed E-state index contributed by atoms with van der Waals surface area (Å²) in [6, 6.07) is 5.10. The van der Waals surface area contributed by atoms with Crippen LogP contribution in [0.2, 0.25) is 0 Å². The van der Waals surface area contributed by atoms with E-state index in [2.05, 4.69) is 0 Å². The van der Waals surface area contributed by atoms with E-state index < -0.39 is 33.8 Å². The third-order valence-electron chi connectivity index (χ3n) is 2.29. The molecule has 0 amide bonds. The minimum absolute atomic E-state index is 0.220. The third kappa shape index (κ3) is 3.77. The molecule has 1 rings (SSSR count). The summed E-state index contributed by atoms with van der Waals surface area (Å²) >= 11 is 0. The Bertz CT molecular complexity index is 473. The Morgan fingerprint density at radius 2 is 1.56 bits per heavy atom. The monoisotopic (exact) mass is 255 g/mol. The first-order chi connectivity index (χ1) is 8.40. The second kappa shape index (κ2) is 5.66. The van der Waals surface area contributed by atoms with Crippen molar-refractivity contribution in [1.82, 2.24) is 0 Å². The Balaban J connectivity index is 3.03. The zero-order chi connectivity index (χ0) is 13.7. The van der Waals surface area contributed by atoms with Crippen LogP contribution in [0.5, 0.6) is 0 Å². The zero-order valence-electron chi connectivity index (χ0n) is 9.09. The molecule has 0 aliphatic carbocycles. The lowest BCUT2D eigenvalue weighted by molar-refractivity contribution is -0.516. The molecule has 0 bridgehead atoms. The Morgan fingerprint density at radius 1 is 1.00 bits per heavy atom. The third-order valence-corrected chi connectivity index (χ3v) is 2.29. The molecule has 0 atom stereocenters. The predicted molar refractivity (Wildman–Crippen MR) is 59.6 cm³/mol. The molecule has 18 heavy (non-hydrogen) atoms. The summed E-state index contributed by atoms with van der Waals surface area (Å²) in [6.07, 6.45) is 0. The van der Waals surface area contributed by atoms with Crippen molar-refractivity contribution in [3.63, 3.8) is 0 Å². The van der Waals surface area contributed by atoms with E-state index in [-0.39, 0.29) is 11.3 Å². The fourth-order valence-electron chi connectivity index (χ4n) is 1.52. The predicted octanol–water partition coefficient (Wildman–Crippen LogP) is 1.23. The first-order valence-electron chi connectivity index (χ1n) is 4.88. The van der Waals surface area contributed by atoms with E-state index in [0.29, 0.717) is 0 Å². The highest BCUT2D eigenvalue weighted by molar-refractivity contribution is 5.36. The average molecular weight is 255 g/mol. The molecule has 0 radical (unpaired) electrons. The molecule has 0 saturated heterocycles. The number of benzene rings is 1. The Morgan fingerprint density at radius 3 is 2.00 bits per heavy atom. The van der Waals surface area contributed by atoms with Crippen LogP contribution in [0.3, 0.4) is 0 Å². The van der Waals surface area contributed by atoms with Crippen LogP contribution in [0.25, 0.3) is 0 Å². The van der Waals surface area contributed by atoms with Gasteiger partial charge in [-0.25, -0.2) is 0 Å². The summed E-state index contributed by atoms with van der Waals surface area (Å²) < 4.78 is 0. The minimum atomic E-state index is -0.977. The molecule has 0 heterocycles. The summed E-state index contributed by atoms with van der Waals surface area (Å²) in [5.41, 5.74) is -0.0261. The second-order valence-corrected chi connectivity index (χ2v) is 3.58. The lowest BCUT2D eigenvalue weighted by Gasteiger charge is -2.08. The molecule has 0 aromatic heterocycles. The lowest BCUT2D eigenvalue weighted by atomic mass is 9.99. The van der Waals surface area contributed by atoms with Gasteiger partial charge >= 0.3 is 0 Å². The van der Waals surface area contributed by atoms with Crippen molar-refractivity contribution in [2.45, 2.75) is 5.92 Å². The van der Waals surface area contributed by atoms with Crippen LogP contribution in [0.4, 0.5) is 5.69 Å². The van der Waals surface area contributed by atoms with Gasteiger partial charge in [-0.05, 0) is 5.56 Å². The number of hydrogen-bond donors (Lipinski definition) is 0. The maximum absolute atomic E-state index is 10.6. The highest BCUT2D eigenvalue weighted by Crippen LogP contribution is 2.21. The summed E-state index contributed by atoms with van der Waals surface area (Å²) in [5.74, 6) is -0.977. The molecular weight excluding hydrogens is 246 g/mol. The molecule has 0 aliphatic heterocycles. The number of non-ortho nitro benzene ring substituents is 1. The topological polar surface area (TPSA) is 129 Å². The van der Waals surface area contributed by atoms with Gasteiger partial charge in [0.15, 0.2) is 0 Å². The van der Waals surface area contributed by atoms with E-state index in [1.165, 1.54) is 18.2 Å². The average Bonchev–Trinajstić information content (AvgIpc) is 2.27. The van der Waals surface area contributed by atoms with Crippen molar-refractivity contribution in [2.24, 2.45) is 0 Å². The molecule has 0 saturated carbocycles. The molecule has 0 unspecified atom stereocenters. The molecule has 9 nitrogen and oxygen atoms in total. The van der Waals surface area contributed by atoms with E-state index in [9.17, 15) is 30.3 Å². The van der Waals surface area contributed by atoms with Gasteiger partial charge in [-0.2, -0.15) is 0 Å². The van der Waals surface area contributed by atoms with Gasteiger partial charge in [0.05, 0.1) is 4.92 Å². The van der Waals surface area contributed by atoms with Crippen LogP contribution in [-0.4, -0.2) is 27.9 Å². The van der Waals surface area contributed by atoms with Crippen molar-refractivity contribution in [1.29, 1.82) is 0 Å². The Hall–Kier alpha value is -2.58. The molecule has 0 spiro atoms. The van der Waals surface area contributed by atoms with Crippen LogP contribution in [0.1, 0.15) is 11.5 Å². The second-order valence-electron chi connectivity index (χ2n) is 3.58. The van der Waals surface area contributed by atoms with E-state index in [1.54, 1.807) is 0 Å². The number of rotatable bonds is 6. The van der Waals surface area contributed by atoms with Crippen LogP contribution in [0, 0.1) is 30.3 Å². The van der Waals surface area contributed by atoms with E-state index >= 15 is 0 Å². The quantitative estimate of drug-likeness (QED) is 0.555. The number of hydrogen-bond acceptors (Lipinski definition) is 6. The molecule has 96 valence electrons. The maximum atomic E-state index is 10.6. The van der Waals surface area contributed by atoms with Crippen molar-refractivity contribution in [3.05, 3.63) is 60.2 Å². The summed E-state index contributed by atoms with van der Waals surface area (Å²) in [6.45, 7) is -1.27. The molecule has 9 heteroatoms. The minimum Gasteiger partial charge on any atom is -0.265 e. The highest BCUT2D eigenvalue weighted by atomic mass is 16.6. The van der Waals surface area contributed by atoms with Gasteiger partial charge in [0.25, 0.3) is 5.69 Å². The fraction of sp³-hybridized carbons (Fsp3) is 0.333. The van der Waals surface area contributed by atoms with Crippen molar-refractivity contribution >= 4 is 5.69 Å². The molecule has 1 aromatic rings. The van der Waals surface area contributed by atoms with Crippen LogP contribution >= 0.6 is 0 Å². The molecule has 0 aliphatic rings. The zero-order valence-corrected chi connectivity index (χ0v) is 9.09. The first-order valence-corrected chi connectivity index (χ1v) is 4.88. The molecular formula is C9H9N3O6. The van der Waals surface area contributed by atoms with Gasteiger partial charge in [-0.15, -0.1) is 0 Å². The van der Waals surface area contributed by atoms with Gasteiger partial charge in [-0.1, -0.05) is 12.1 Å². The van der Waals surface area contributed by atoms with Crippen LogP contribution in [0.15, 0.2) is 24.3 Å². The van der Waals surface area contributed by atoms with E-state index in [0.717, 1.165) is 6.07 Å². The number of nitrogens with zero attached hydrogens (tertiary/aromatic N) is 3. The number of nitro groups is 3. The van der Waals surface area contributed by atoms with Gasteiger partial charge in [-0.3, -0.25) is 30.3 Å². The smallest absolute Gasteiger partial charge is 0.265 e. The largest absolute Gasteiger partial charge is 0.269 e. The first kappa shape index (κ1) is 13.5. The molecule has 0 fully saturated rings. The normalized spacial score (nSPS) is 10.3. The van der Waals surface area contributed by atoms with Crippen molar-refractivity contribution in [2.75, 3.05) is 13.1 Å². The molecule has 0 N–H and O–H groups in total. The Labute approximate surface area is 100 Å². The summed E-state index contributed by atoms with van der Waals surface area (Å²) in [7, 11) is 0. The van der Waals surface area contributed by atoms with Gasteiger partial charge in [0.1, 0.15) is 5.92 Å².